The van der Waals surface area contributed by atoms with Crippen molar-refractivity contribution in [1.29, 1.82) is 0 Å². The van der Waals surface area contributed by atoms with E-state index in [1.54, 1.807) is 0 Å². The zero-order valence-corrected chi connectivity index (χ0v) is 13.4. The molecule has 0 aliphatic rings. The number of nitrogens with zero attached hydrogens (tertiary/aromatic N) is 2. The molecule has 0 aromatic heterocycles. The van der Waals surface area contributed by atoms with Crippen molar-refractivity contribution >= 4 is 19.4 Å². The summed E-state index contributed by atoms with van der Waals surface area (Å²) < 4.78 is 5.30. The van der Waals surface area contributed by atoms with Crippen molar-refractivity contribution in [3.8, 4) is 0 Å². The summed E-state index contributed by atoms with van der Waals surface area (Å²) in [5, 5.41) is 0.265. The second kappa shape index (κ2) is 7.77. The number of carbonyl (C=O) groups is 1. The lowest BCUT2D eigenvalue weighted by molar-refractivity contribution is -0.140. The highest BCUT2D eigenvalue weighted by Gasteiger charge is 2.46. The number of hydrogen-bond donors (Lipinski definition) is 0. The normalized spacial score (nSPS) is 10.8. The molecule has 0 spiro atoms. The maximum Gasteiger partial charge on any atom is 0.410 e. The molecule has 0 fully saturated rings. The Morgan fingerprint density at radius 3 is 2.15 bits per heavy atom. The summed E-state index contributed by atoms with van der Waals surface area (Å²) in [4.78, 5) is 15.5. The highest BCUT2D eigenvalue weighted by molar-refractivity contribution is 7.13. The van der Waals surface area contributed by atoms with Crippen LogP contribution in [0.25, 0.3) is 5.53 Å². The van der Waals surface area contributed by atoms with Gasteiger partial charge >= 0.3 is 11.3 Å². The summed E-state index contributed by atoms with van der Waals surface area (Å²) >= 11 is 0. The van der Waals surface area contributed by atoms with E-state index < -0.39 is 14.0 Å². The van der Waals surface area contributed by atoms with Gasteiger partial charge in [0, 0.05) is 0 Å². The third-order valence-corrected chi connectivity index (χ3v) is 9.41. The Balaban J connectivity index is 2.81. The fourth-order valence-electron chi connectivity index (χ4n) is 2.41. The van der Waals surface area contributed by atoms with Gasteiger partial charge in [-0.05, 0) is 23.7 Å². The summed E-state index contributed by atoms with van der Waals surface area (Å²) in [6, 6.07) is 12.1. The van der Waals surface area contributed by atoms with Crippen molar-refractivity contribution in [2.45, 2.75) is 45.5 Å². The minimum Gasteiger partial charge on any atom is -0.453 e. The predicted molar refractivity (Wildman–Crippen MR) is 82.1 cm³/mol. The highest BCUT2D eigenvalue weighted by Crippen LogP contribution is 2.22. The monoisotopic (exact) mass is 290 g/mol. The molecule has 0 heterocycles. The lowest BCUT2D eigenvalue weighted by atomic mass is 10.2. The van der Waals surface area contributed by atoms with Crippen LogP contribution in [-0.4, -0.2) is 24.2 Å². The standard InChI is InChI=1S/C15H22N2O2Si/c1-4-20(5-2,6-3)14(17-16)15(18)19-12-13-10-8-7-9-11-13/h7-11H,4-6,12H2,1-3H3. The number of ether oxygens (including phenoxy) is 1. The first-order chi connectivity index (χ1) is 9.63. The lowest BCUT2D eigenvalue weighted by Crippen LogP contribution is -2.48. The Kier molecular flexibility index (Phi) is 6.35. The topological polar surface area (TPSA) is 62.7 Å². The largest absolute Gasteiger partial charge is 0.453 e. The molecular weight excluding hydrogens is 268 g/mol. The van der Waals surface area contributed by atoms with Crippen LogP contribution >= 0.6 is 0 Å². The summed E-state index contributed by atoms with van der Waals surface area (Å²) in [5.74, 6) is -0.478. The van der Waals surface area contributed by atoms with Gasteiger partial charge in [0.2, 0.25) is 8.07 Å². The van der Waals surface area contributed by atoms with Crippen molar-refractivity contribution in [3.05, 3.63) is 41.4 Å². The molecule has 0 unspecified atom stereocenters. The van der Waals surface area contributed by atoms with Crippen LogP contribution in [0.1, 0.15) is 26.3 Å². The van der Waals surface area contributed by atoms with Gasteiger partial charge in [0.15, 0.2) is 0 Å². The third kappa shape index (κ3) is 3.65. The molecule has 0 aliphatic carbocycles. The van der Waals surface area contributed by atoms with Crippen LogP contribution in [0.4, 0.5) is 0 Å². The van der Waals surface area contributed by atoms with E-state index in [9.17, 15) is 10.3 Å². The fourth-order valence-corrected chi connectivity index (χ4v) is 5.63. The Bertz CT molecular complexity index is 484. The van der Waals surface area contributed by atoms with Crippen LogP contribution < -0.4 is 0 Å². The van der Waals surface area contributed by atoms with Gasteiger partial charge in [-0.1, -0.05) is 51.1 Å². The van der Waals surface area contributed by atoms with Crippen LogP contribution in [-0.2, 0) is 16.1 Å². The minimum absolute atomic E-state index is 0.209. The van der Waals surface area contributed by atoms with Gasteiger partial charge in [-0.3, -0.25) is 0 Å². The van der Waals surface area contributed by atoms with E-state index >= 15 is 0 Å². The van der Waals surface area contributed by atoms with Crippen molar-refractivity contribution in [3.63, 3.8) is 0 Å². The molecule has 1 rings (SSSR count). The molecule has 0 amide bonds. The lowest BCUT2D eigenvalue weighted by Gasteiger charge is -2.20. The van der Waals surface area contributed by atoms with Crippen molar-refractivity contribution in [1.82, 2.24) is 0 Å². The first-order valence-corrected chi connectivity index (χ1v) is 9.69. The smallest absolute Gasteiger partial charge is 0.410 e. The number of benzene rings is 1. The van der Waals surface area contributed by atoms with Crippen molar-refractivity contribution < 1.29 is 14.3 Å². The molecule has 1 aromatic rings. The van der Waals surface area contributed by atoms with Crippen molar-refractivity contribution in [2.75, 3.05) is 0 Å². The molecule has 4 nitrogen and oxygen atoms in total. The van der Waals surface area contributed by atoms with E-state index in [-0.39, 0.29) is 11.9 Å². The molecule has 20 heavy (non-hydrogen) atoms. The SMILES string of the molecule is CC[Si](CC)(CC)C(=[N+]=[N-])C(=O)OCc1ccccc1. The molecule has 0 bridgehead atoms. The fraction of sp³-hybridized carbons (Fsp3) is 0.467. The van der Waals surface area contributed by atoms with E-state index in [4.69, 9.17) is 4.74 Å². The zero-order chi connectivity index (χ0) is 15.0. The van der Waals surface area contributed by atoms with Gasteiger partial charge in [-0.2, -0.15) is 4.79 Å². The molecule has 0 atom stereocenters. The average molecular weight is 290 g/mol. The Hall–Kier alpha value is -1.71. The molecule has 0 N–H and O–H groups in total. The van der Waals surface area contributed by atoms with E-state index in [0.717, 1.165) is 23.7 Å². The van der Waals surface area contributed by atoms with Crippen LogP contribution in [0.15, 0.2) is 30.3 Å². The number of carbonyl (C=O) groups excluding carboxylic acids is 1. The van der Waals surface area contributed by atoms with E-state index in [2.05, 4.69) is 25.6 Å². The molecule has 0 radical (unpaired) electrons. The second-order valence-electron chi connectivity index (χ2n) is 4.85. The van der Waals surface area contributed by atoms with Gasteiger partial charge in [-0.25, -0.2) is 4.79 Å². The molecule has 108 valence electrons. The summed E-state index contributed by atoms with van der Waals surface area (Å²) in [5.41, 5.74) is 10.2. The van der Waals surface area contributed by atoms with Gasteiger partial charge in [-0.15, -0.1) is 0 Å². The predicted octanol–water partition coefficient (Wildman–Crippen LogP) is 3.45. The van der Waals surface area contributed by atoms with Gasteiger partial charge in [0.05, 0.1) is 0 Å². The van der Waals surface area contributed by atoms with E-state index in [0.29, 0.717) is 0 Å². The Morgan fingerprint density at radius 2 is 1.70 bits per heavy atom. The first kappa shape index (κ1) is 16.3. The minimum atomic E-state index is -2.02. The molecule has 5 heteroatoms. The summed E-state index contributed by atoms with van der Waals surface area (Å²) in [7, 11) is -2.02. The van der Waals surface area contributed by atoms with Crippen LogP contribution in [0.3, 0.4) is 0 Å². The van der Waals surface area contributed by atoms with E-state index in [1.807, 2.05) is 30.3 Å². The first-order valence-electron chi connectivity index (χ1n) is 7.07. The number of rotatable bonds is 7. The molecule has 1 aromatic carbocycles. The zero-order valence-electron chi connectivity index (χ0n) is 12.4. The second-order valence-corrected chi connectivity index (χ2v) is 10.0. The summed E-state index contributed by atoms with van der Waals surface area (Å²) in [6.07, 6.45) is 0. The number of esters is 1. The molecule has 0 aliphatic heterocycles. The van der Waals surface area contributed by atoms with Crippen molar-refractivity contribution in [2.24, 2.45) is 0 Å². The number of hydrogen-bond acceptors (Lipinski definition) is 2. The van der Waals surface area contributed by atoms with Crippen LogP contribution in [0, 0.1) is 0 Å². The Labute approximate surface area is 121 Å². The van der Waals surface area contributed by atoms with Gasteiger partial charge in [0.1, 0.15) is 6.61 Å². The highest BCUT2D eigenvalue weighted by atomic mass is 28.3. The third-order valence-electron chi connectivity index (χ3n) is 4.04. The van der Waals surface area contributed by atoms with Crippen LogP contribution in [0.5, 0.6) is 0 Å². The molecular formula is C15H22N2O2Si. The maximum atomic E-state index is 12.2. The maximum absolute atomic E-state index is 12.2. The van der Waals surface area contributed by atoms with Gasteiger partial charge in [0.25, 0.3) is 0 Å². The quantitative estimate of drug-likeness (QED) is 0.254. The van der Waals surface area contributed by atoms with Gasteiger partial charge < -0.3 is 10.3 Å². The Morgan fingerprint density at radius 1 is 1.15 bits per heavy atom. The summed E-state index contributed by atoms with van der Waals surface area (Å²) in [6.45, 7) is 6.36. The molecule has 0 saturated carbocycles. The average Bonchev–Trinajstić information content (AvgIpc) is 2.51. The van der Waals surface area contributed by atoms with E-state index in [1.165, 1.54) is 0 Å². The molecule has 0 saturated heterocycles. The van der Waals surface area contributed by atoms with Crippen LogP contribution in [0.2, 0.25) is 18.1 Å².